The van der Waals surface area contributed by atoms with Crippen molar-refractivity contribution < 1.29 is 14.2 Å². The fourth-order valence-corrected chi connectivity index (χ4v) is 6.08. The minimum Gasteiger partial charge on any atom is -0.493 e. The van der Waals surface area contributed by atoms with Gasteiger partial charge in [-0.1, -0.05) is 71.7 Å². The number of fused-ring (bicyclic) bond motifs is 1. The Bertz CT molecular complexity index is 1530. The lowest BCUT2D eigenvalue weighted by Crippen LogP contribution is -2.25. The predicted octanol–water partition coefficient (Wildman–Crippen LogP) is 9.52. The topological polar surface area (TPSA) is 52.0 Å². The molecule has 0 spiro atoms. The van der Waals surface area contributed by atoms with E-state index in [1.807, 2.05) is 18.2 Å². The maximum atomic E-state index is 6.43. The molecule has 0 atom stereocenters. The quantitative estimate of drug-likeness (QED) is 0.0773. The van der Waals surface area contributed by atoms with Crippen molar-refractivity contribution >= 4 is 22.6 Å². The van der Waals surface area contributed by atoms with Gasteiger partial charge in [-0.3, -0.25) is 4.90 Å². The smallest absolute Gasteiger partial charge is 0.150 e. The predicted molar refractivity (Wildman–Crippen MR) is 201 cm³/mol. The summed E-state index contributed by atoms with van der Waals surface area (Å²) in [6.45, 7) is 21.9. The highest BCUT2D eigenvalue weighted by atomic mass is 35.5. The van der Waals surface area contributed by atoms with Crippen LogP contribution in [0.15, 0.2) is 54.6 Å². The van der Waals surface area contributed by atoms with Gasteiger partial charge < -0.3 is 23.7 Å². The number of benzene rings is 3. The number of rotatable bonds is 22. The summed E-state index contributed by atoms with van der Waals surface area (Å²) < 4.78 is 21.5. The zero-order valence-corrected chi connectivity index (χ0v) is 31.0. The van der Waals surface area contributed by atoms with E-state index in [0.717, 1.165) is 123 Å². The van der Waals surface area contributed by atoms with E-state index in [9.17, 15) is 0 Å². The monoisotopic (exact) mass is 676 g/mol. The van der Waals surface area contributed by atoms with Crippen molar-refractivity contribution in [3.05, 3.63) is 70.7 Å². The van der Waals surface area contributed by atoms with E-state index < -0.39 is 0 Å². The van der Waals surface area contributed by atoms with Gasteiger partial charge in [-0.15, -0.1) is 0 Å². The van der Waals surface area contributed by atoms with E-state index in [4.69, 9.17) is 30.8 Å². The van der Waals surface area contributed by atoms with Gasteiger partial charge in [0.05, 0.1) is 25.3 Å². The number of aromatic nitrogens is 2. The molecular weight excluding hydrogens is 620 g/mol. The molecule has 1 heterocycles. The molecule has 0 aliphatic rings. The van der Waals surface area contributed by atoms with Crippen LogP contribution in [0.25, 0.3) is 22.4 Å². The zero-order valence-electron chi connectivity index (χ0n) is 30.2. The van der Waals surface area contributed by atoms with Crippen molar-refractivity contribution in [2.75, 3.05) is 52.5 Å². The molecule has 0 unspecified atom stereocenters. The summed E-state index contributed by atoms with van der Waals surface area (Å²) in [4.78, 5) is 10.1. The molecule has 3 aromatic carbocycles. The van der Waals surface area contributed by atoms with Crippen LogP contribution in [0.1, 0.15) is 78.4 Å². The Kier molecular flexibility index (Phi) is 15.4. The maximum absolute atomic E-state index is 6.43. The fraction of sp³-hybridized carbons (Fsp3) is 0.525. The third kappa shape index (κ3) is 10.4. The molecule has 0 N–H and O–H groups in total. The van der Waals surface area contributed by atoms with Crippen LogP contribution >= 0.6 is 11.6 Å². The molecule has 0 radical (unpaired) electrons. The first-order chi connectivity index (χ1) is 23.4. The highest BCUT2D eigenvalue weighted by molar-refractivity contribution is 6.30. The molecule has 4 rings (SSSR count). The minimum atomic E-state index is 0.594. The lowest BCUT2D eigenvalue weighted by molar-refractivity contribution is 0.248. The average Bonchev–Trinajstić information content (AvgIpc) is 3.48. The molecule has 8 heteroatoms. The summed E-state index contributed by atoms with van der Waals surface area (Å²) in [5.74, 6) is 3.49. The largest absolute Gasteiger partial charge is 0.493 e. The van der Waals surface area contributed by atoms with Crippen LogP contribution in [0.4, 0.5) is 0 Å². The highest BCUT2D eigenvalue weighted by Crippen LogP contribution is 2.36. The molecule has 1 aromatic heterocycles. The Labute approximate surface area is 294 Å². The summed E-state index contributed by atoms with van der Waals surface area (Å²) in [6.07, 6.45) is 4.86. The SMILES string of the molecule is CCCCn1c(-c2ccc(OCCc3ccc(Cl)cc3)c(CN(CC)CC)c2)nc2c(OCCC)cc(OCCCN(CC)CC)cc21. The van der Waals surface area contributed by atoms with E-state index in [1.165, 1.54) is 11.1 Å². The van der Waals surface area contributed by atoms with E-state index in [0.29, 0.717) is 19.8 Å². The molecule has 48 heavy (non-hydrogen) atoms. The van der Waals surface area contributed by atoms with Gasteiger partial charge in [0, 0.05) is 54.3 Å². The van der Waals surface area contributed by atoms with Crippen molar-refractivity contribution in [1.29, 1.82) is 0 Å². The van der Waals surface area contributed by atoms with Gasteiger partial charge in [0.2, 0.25) is 0 Å². The fourth-order valence-electron chi connectivity index (χ4n) is 5.95. The number of hydrogen-bond acceptors (Lipinski definition) is 6. The molecule has 262 valence electrons. The van der Waals surface area contributed by atoms with Crippen molar-refractivity contribution in [3.63, 3.8) is 0 Å². The van der Waals surface area contributed by atoms with Gasteiger partial charge in [0.15, 0.2) is 5.75 Å². The summed E-state index contributed by atoms with van der Waals surface area (Å²) >= 11 is 6.09. The van der Waals surface area contributed by atoms with E-state index >= 15 is 0 Å². The Morgan fingerprint density at radius 1 is 0.708 bits per heavy atom. The third-order valence-electron chi connectivity index (χ3n) is 8.94. The molecule has 0 aliphatic carbocycles. The second-order valence-corrected chi connectivity index (χ2v) is 12.8. The van der Waals surface area contributed by atoms with Gasteiger partial charge in [0.1, 0.15) is 22.8 Å². The summed E-state index contributed by atoms with van der Waals surface area (Å²) in [5.41, 5.74) is 5.40. The maximum Gasteiger partial charge on any atom is 0.150 e. The van der Waals surface area contributed by atoms with Crippen molar-refractivity contribution in [2.24, 2.45) is 0 Å². The van der Waals surface area contributed by atoms with Gasteiger partial charge in [-0.05, 0) is 81.3 Å². The standard InChI is InChI=1S/C40H57ClN4O3/c1-7-13-23-45-36-28-35(46-25-14-22-43(9-3)10-4)29-38(47-24-8-2)39(36)42-40(45)32-17-20-37(33(27-32)30-44(11-5)12-6)48-26-21-31-15-18-34(41)19-16-31/h15-20,27-29H,7-14,21-26,30H2,1-6H3. The normalized spacial score (nSPS) is 11.6. The number of halogens is 1. The van der Waals surface area contributed by atoms with E-state index in [1.54, 1.807) is 0 Å². The third-order valence-corrected chi connectivity index (χ3v) is 9.19. The molecule has 0 aliphatic heterocycles. The van der Waals surface area contributed by atoms with Gasteiger partial charge in [-0.2, -0.15) is 0 Å². The lowest BCUT2D eigenvalue weighted by Gasteiger charge is -2.21. The molecule has 4 aromatic rings. The first-order valence-electron chi connectivity index (χ1n) is 18.2. The number of ether oxygens (including phenoxy) is 3. The Balaban J connectivity index is 1.70. The second-order valence-electron chi connectivity index (χ2n) is 12.3. The van der Waals surface area contributed by atoms with Gasteiger partial charge in [0.25, 0.3) is 0 Å². The van der Waals surface area contributed by atoms with Gasteiger partial charge >= 0.3 is 0 Å². The van der Waals surface area contributed by atoms with Crippen LogP contribution in [0, 0.1) is 0 Å². The molecule has 7 nitrogen and oxygen atoms in total. The minimum absolute atomic E-state index is 0.594. The molecule has 0 fully saturated rings. The second kappa shape index (κ2) is 19.7. The van der Waals surface area contributed by atoms with Crippen molar-refractivity contribution in [3.8, 4) is 28.6 Å². The Morgan fingerprint density at radius 2 is 1.44 bits per heavy atom. The van der Waals surface area contributed by atoms with Gasteiger partial charge in [-0.25, -0.2) is 4.98 Å². The Morgan fingerprint density at radius 3 is 2.12 bits per heavy atom. The number of nitrogens with zero attached hydrogens (tertiary/aromatic N) is 4. The van der Waals surface area contributed by atoms with Crippen molar-refractivity contribution in [2.45, 2.75) is 86.7 Å². The molecule has 0 saturated carbocycles. The van der Waals surface area contributed by atoms with Crippen LogP contribution in [-0.2, 0) is 19.5 Å². The summed E-state index contributed by atoms with van der Waals surface area (Å²) in [5, 5.41) is 0.750. The van der Waals surface area contributed by atoms with Crippen LogP contribution < -0.4 is 14.2 Å². The number of imidazole rings is 1. The average molecular weight is 677 g/mol. The van der Waals surface area contributed by atoms with Crippen LogP contribution in [0.3, 0.4) is 0 Å². The highest BCUT2D eigenvalue weighted by Gasteiger charge is 2.20. The molecule has 0 bridgehead atoms. The molecular formula is C40H57ClN4O3. The first-order valence-corrected chi connectivity index (χ1v) is 18.6. The molecule has 0 amide bonds. The molecule has 0 saturated heterocycles. The number of aryl methyl sites for hydroxylation is 1. The van der Waals surface area contributed by atoms with Crippen molar-refractivity contribution in [1.82, 2.24) is 19.4 Å². The van der Waals surface area contributed by atoms with Crippen LogP contribution in [0.5, 0.6) is 17.2 Å². The summed E-state index contributed by atoms with van der Waals surface area (Å²) in [6, 6.07) is 18.7. The van der Waals surface area contributed by atoms with E-state index in [-0.39, 0.29) is 0 Å². The summed E-state index contributed by atoms with van der Waals surface area (Å²) in [7, 11) is 0. The van der Waals surface area contributed by atoms with Crippen LogP contribution in [0.2, 0.25) is 5.02 Å². The van der Waals surface area contributed by atoms with E-state index in [2.05, 4.69) is 92.3 Å². The number of unbranched alkanes of at least 4 members (excludes halogenated alkanes) is 1. The first kappa shape index (κ1) is 37.6. The number of hydrogen-bond donors (Lipinski definition) is 0. The zero-order chi connectivity index (χ0) is 34.3. The lowest BCUT2D eigenvalue weighted by atomic mass is 10.1. The van der Waals surface area contributed by atoms with Crippen LogP contribution in [-0.4, -0.2) is 71.9 Å². The Hall–Kier alpha value is -3.26.